The summed E-state index contributed by atoms with van der Waals surface area (Å²) in [7, 11) is 0. The lowest BCUT2D eigenvalue weighted by Crippen LogP contribution is -2.11. The number of nitrogens with zero attached hydrogens (tertiary/aromatic N) is 2. The zero-order valence-electron chi connectivity index (χ0n) is 14.7. The molecule has 3 rings (SSSR count). The molecule has 4 nitrogen and oxygen atoms in total. The summed E-state index contributed by atoms with van der Waals surface area (Å²) < 4.78 is 17.3. The molecule has 1 heterocycles. The molecule has 0 saturated heterocycles. The van der Waals surface area contributed by atoms with Crippen LogP contribution in [0.5, 0.6) is 0 Å². The second-order valence-corrected chi connectivity index (χ2v) is 8.04. The molecule has 26 heavy (non-hydrogen) atoms. The van der Waals surface area contributed by atoms with Crippen molar-refractivity contribution >= 4 is 45.7 Å². The van der Waals surface area contributed by atoms with Crippen LogP contribution in [0.3, 0.4) is 0 Å². The highest BCUT2D eigenvalue weighted by atomic mass is 35.5. The molecule has 1 aliphatic rings. The van der Waals surface area contributed by atoms with Crippen LogP contribution >= 0.6 is 23.2 Å². The molecule has 1 atom stereocenters. The van der Waals surface area contributed by atoms with Gasteiger partial charge in [-0.25, -0.2) is 4.21 Å². The van der Waals surface area contributed by atoms with Crippen molar-refractivity contribution < 1.29 is 8.39 Å². The van der Waals surface area contributed by atoms with Crippen molar-refractivity contribution in [3.8, 4) is 0 Å². The van der Waals surface area contributed by atoms with Gasteiger partial charge in [-0.1, -0.05) is 30.1 Å². The minimum Gasteiger partial charge on any atom is -0.287 e. The first kappa shape index (κ1) is 19.4. The molecule has 0 saturated carbocycles. The fourth-order valence-electron chi connectivity index (χ4n) is 2.75. The van der Waals surface area contributed by atoms with Crippen LogP contribution < -0.4 is 5.01 Å². The van der Waals surface area contributed by atoms with Crippen molar-refractivity contribution in [2.45, 2.75) is 31.6 Å². The van der Waals surface area contributed by atoms with Crippen LogP contribution in [0.4, 0.5) is 5.69 Å². The molecule has 2 aromatic rings. The first-order chi connectivity index (χ1) is 12.5. The standard InChI is InChI=1S/C19H20Cl2N2O2S/c1-3-10-25-26(24)15-6-4-14(5-7-15)23-9-8-19(22-23)16-12-18(21)17(20)11-13(16)2/h4-7,11-12H,3,8-10H2,1-2H3. The van der Waals surface area contributed by atoms with Crippen molar-refractivity contribution in [2.24, 2.45) is 5.10 Å². The maximum absolute atomic E-state index is 12.0. The van der Waals surface area contributed by atoms with Gasteiger partial charge in [0, 0.05) is 18.5 Å². The van der Waals surface area contributed by atoms with E-state index in [0.29, 0.717) is 21.5 Å². The number of anilines is 1. The van der Waals surface area contributed by atoms with Gasteiger partial charge in [-0.3, -0.25) is 9.19 Å². The van der Waals surface area contributed by atoms with Crippen LogP contribution in [0.2, 0.25) is 10.0 Å². The van der Waals surface area contributed by atoms with E-state index in [1.165, 1.54) is 0 Å². The predicted octanol–water partition coefficient (Wildman–Crippen LogP) is 5.37. The summed E-state index contributed by atoms with van der Waals surface area (Å²) >= 11 is 10.8. The van der Waals surface area contributed by atoms with Gasteiger partial charge >= 0.3 is 0 Å². The molecule has 0 amide bonds. The smallest absolute Gasteiger partial charge is 0.189 e. The van der Waals surface area contributed by atoms with E-state index in [2.05, 4.69) is 0 Å². The highest BCUT2D eigenvalue weighted by molar-refractivity contribution is 7.80. The molecule has 0 aliphatic carbocycles. The Kier molecular flexibility index (Phi) is 6.35. The third-order valence-corrected chi connectivity index (χ3v) is 5.86. The SMILES string of the molecule is CCCOS(=O)c1ccc(N2CCC(c3cc(Cl)c(Cl)cc3C)=N2)cc1. The summed E-state index contributed by atoms with van der Waals surface area (Å²) in [5.74, 6) is 0. The van der Waals surface area contributed by atoms with Crippen LogP contribution in [-0.2, 0) is 15.3 Å². The maximum Gasteiger partial charge on any atom is 0.189 e. The van der Waals surface area contributed by atoms with E-state index in [0.717, 1.165) is 41.9 Å². The van der Waals surface area contributed by atoms with E-state index >= 15 is 0 Å². The van der Waals surface area contributed by atoms with Gasteiger partial charge in [-0.15, -0.1) is 0 Å². The minimum absolute atomic E-state index is 0.483. The summed E-state index contributed by atoms with van der Waals surface area (Å²) in [5, 5.41) is 7.75. The number of halogens is 2. The molecule has 0 N–H and O–H groups in total. The van der Waals surface area contributed by atoms with Gasteiger partial charge in [0.2, 0.25) is 0 Å². The number of hydrogen-bond donors (Lipinski definition) is 0. The van der Waals surface area contributed by atoms with Crippen molar-refractivity contribution in [2.75, 3.05) is 18.2 Å². The van der Waals surface area contributed by atoms with Crippen LogP contribution in [0.25, 0.3) is 0 Å². The Labute approximate surface area is 166 Å². The lowest BCUT2D eigenvalue weighted by molar-refractivity contribution is 0.347. The predicted molar refractivity (Wildman–Crippen MR) is 109 cm³/mol. The van der Waals surface area contributed by atoms with Gasteiger partial charge in [0.05, 0.1) is 32.9 Å². The Hall–Kier alpha value is -1.40. The van der Waals surface area contributed by atoms with E-state index in [1.54, 1.807) is 0 Å². The Bertz CT molecular complexity index is 853. The van der Waals surface area contributed by atoms with Crippen LogP contribution in [0, 0.1) is 6.92 Å². The summed E-state index contributed by atoms with van der Waals surface area (Å²) in [6.07, 6.45) is 1.66. The molecule has 1 aliphatic heterocycles. The number of benzene rings is 2. The van der Waals surface area contributed by atoms with Crippen molar-refractivity contribution in [1.29, 1.82) is 0 Å². The molecular formula is C19H20Cl2N2O2S. The average Bonchev–Trinajstić information content (AvgIpc) is 3.12. The van der Waals surface area contributed by atoms with E-state index in [-0.39, 0.29) is 0 Å². The van der Waals surface area contributed by atoms with Gasteiger partial charge in [0.15, 0.2) is 11.1 Å². The number of rotatable bonds is 6. The highest BCUT2D eigenvalue weighted by Gasteiger charge is 2.20. The summed E-state index contributed by atoms with van der Waals surface area (Å²) in [6.45, 7) is 5.25. The van der Waals surface area contributed by atoms with Crippen molar-refractivity contribution in [3.63, 3.8) is 0 Å². The van der Waals surface area contributed by atoms with Crippen LogP contribution in [0.1, 0.15) is 30.9 Å². The van der Waals surface area contributed by atoms with E-state index in [9.17, 15) is 4.21 Å². The topological polar surface area (TPSA) is 41.9 Å². The van der Waals surface area contributed by atoms with E-state index < -0.39 is 11.1 Å². The molecule has 0 spiro atoms. The molecule has 0 bridgehead atoms. The van der Waals surface area contributed by atoms with Crippen molar-refractivity contribution in [1.82, 2.24) is 0 Å². The molecule has 138 valence electrons. The van der Waals surface area contributed by atoms with E-state index in [1.807, 2.05) is 55.3 Å². The highest BCUT2D eigenvalue weighted by Crippen LogP contribution is 2.29. The summed E-state index contributed by atoms with van der Waals surface area (Å²) in [5.41, 5.74) is 4.01. The molecule has 2 aromatic carbocycles. The lowest BCUT2D eigenvalue weighted by atomic mass is 10.0. The Morgan fingerprint density at radius 2 is 1.88 bits per heavy atom. The van der Waals surface area contributed by atoms with E-state index in [4.69, 9.17) is 32.5 Å². The molecule has 0 fully saturated rings. The quantitative estimate of drug-likeness (QED) is 0.642. The van der Waals surface area contributed by atoms with Crippen molar-refractivity contribution in [3.05, 3.63) is 57.6 Å². The molecule has 0 radical (unpaired) electrons. The third-order valence-electron chi connectivity index (χ3n) is 4.10. The Morgan fingerprint density at radius 3 is 2.58 bits per heavy atom. The van der Waals surface area contributed by atoms with Gasteiger partial charge in [-0.05, 0) is 55.3 Å². The van der Waals surface area contributed by atoms with Gasteiger partial charge in [0.1, 0.15) is 0 Å². The lowest BCUT2D eigenvalue weighted by Gasteiger charge is -2.14. The first-order valence-electron chi connectivity index (χ1n) is 8.45. The summed E-state index contributed by atoms with van der Waals surface area (Å²) in [6, 6.07) is 11.2. The zero-order valence-corrected chi connectivity index (χ0v) is 17.0. The summed E-state index contributed by atoms with van der Waals surface area (Å²) in [4.78, 5) is 0.658. The zero-order chi connectivity index (χ0) is 18.7. The largest absolute Gasteiger partial charge is 0.287 e. The third kappa shape index (κ3) is 4.29. The molecule has 1 unspecified atom stereocenters. The van der Waals surface area contributed by atoms with Gasteiger partial charge in [-0.2, -0.15) is 5.10 Å². The molecule has 7 heteroatoms. The average molecular weight is 411 g/mol. The Morgan fingerprint density at radius 1 is 1.19 bits per heavy atom. The fourth-order valence-corrected chi connectivity index (χ4v) is 3.94. The normalized spacial score (nSPS) is 15.2. The number of aryl methyl sites for hydroxylation is 1. The van der Waals surface area contributed by atoms with Gasteiger partial charge < -0.3 is 0 Å². The minimum atomic E-state index is -1.42. The Balaban J connectivity index is 1.77. The monoisotopic (exact) mass is 410 g/mol. The van der Waals surface area contributed by atoms with Crippen LogP contribution in [0.15, 0.2) is 46.4 Å². The molecular weight excluding hydrogens is 391 g/mol. The second-order valence-electron chi connectivity index (χ2n) is 6.05. The fraction of sp³-hybridized carbons (Fsp3) is 0.316. The number of hydrazone groups is 1. The number of hydrogen-bond acceptors (Lipinski definition) is 4. The van der Waals surface area contributed by atoms with Gasteiger partial charge in [0.25, 0.3) is 0 Å². The molecule has 0 aromatic heterocycles. The maximum atomic E-state index is 12.0. The first-order valence-corrected chi connectivity index (χ1v) is 10.3. The van der Waals surface area contributed by atoms with Crippen LogP contribution in [-0.4, -0.2) is 23.1 Å². The second kappa shape index (κ2) is 8.53.